The van der Waals surface area contributed by atoms with Crippen LogP contribution in [-0.2, 0) is 38.5 Å². The first-order chi connectivity index (χ1) is 24.0. The van der Waals surface area contributed by atoms with Crippen LogP contribution in [0.15, 0.2) is 22.7 Å². The Bertz CT molecular complexity index is 1340. The highest BCUT2D eigenvalue weighted by molar-refractivity contribution is 8.00. The SMILES string of the molecule is C[C@@H]1CC[C@H]2C(CSCCCSCC3=C(C(F)(F)F)O[C@@H]4O[C@@]5(C)CCC6[C@H](C)CC[C@@H]3[C@]64OO5)=C(C(F)(F)F)O[C@@H]3O[C@@]4(C)CCC1[C@]32OO4. The number of thioether (sulfide) groups is 2. The van der Waals surface area contributed by atoms with Gasteiger partial charge in [-0.15, -0.1) is 0 Å². The molecule has 16 heteroatoms. The summed E-state index contributed by atoms with van der Waals surface area (Å²) in [6.07, 6.45) is -6.43. The summed E-state index contributed by atoms with van der Waals surface area (Å²) < 4.78 is 111. The quantitative estimate of drug-likeness (QED) is 0.136. The molecule has 8 fully saturated rings. The maximum Gasteiger partial charge on any atom is 0.449 e. The van der Waals surface area contributed by atoms with Crippen LogP contribution in [0.4, 0.5) is 26.3 Å². The molecule has 0 amide bonds. The Morgan fingerprint density at radius 1 is 0.608 bits per heavy atom. The van der Waals surface area contributed by atoms with Crippen LogP contribution in [-0.4, -0.2) is 70.7 Å². The highest BCUT2D eigenvalue weighted by Gasteiger charge is 2.71. The standard InChI is InChI=1S/C35H46F6O8S2/c1-18-6-8-24-20(26(34(36,37)38)42-28-32(24)22(18)10-12-30(3,44-28)46-48-32)16-50-14-5-15-51-17-21-25-9-7-19(2)23-11-13-31(4)45-29(33(23,25)49-47-31)43-27(21)35(39,40)41/h18-19,22-25,28-29H,5-17H2,1-4H3/t18-,19-,22?,23?,24+,25+,28-,29-,30-,31-,32-,33-/m1/s1. The second kappa shape index (κ2) is 12.8. The third-order valence-electron chi connectivity index (χ3n) is 12.9. The van der Waals surface area contributed by atoms with Crippen LogP contribution in [0.1, 0.15) is 85.5 Å². The van der Waals surface area contributed by atoms with Crippen molar-refractivity contribution < 1.29 is 64.8 Å². The molecular weight excluding hydrogens is 726 g/mol. The topological polar surface area (TPSA) is 73.8 Å². The maximum absolute atomic E-state index is 14.5. The Hall–Kier alpha value is -0.880. The molecule has 2 unspecified atom stereocenters. The molecule has 51 heavy (non-hydrogen) atoms. The Labute approximate surface area is 302 Å². The van der Waals surface area contributed by atoms with E-state index in [0.717, 1.165) is 12.8 Å². The van der Waals surface area contributed by atoms with Crippen LogP contribution in [0.3, 0.4) is 0 Å². The normalized spacial score (nSPS) is 46.2. The van der Waals surface area contributed by atoms with Gasteiger partial charge in [-0.3, -0.25) is 0 Å². The second-order valence-corrected chi connectivity index (χ2v) is 18.3. The smallest absolute Gasteiger partial charge is 0.449 e. The average molecular weight is 773 g/mol. The first-order valence-corrected chi connectivity index (χ1v) is 20.5. The Balaban J connectivity index is 0.946. The van der Waals surface area contributed by atoms with Crippen LogP contribution in [0.2, 0.25) is 0 Å². The van der Waals surface area contributed by atoms with E-state index in [1.165, 1.54) is 23.5 Å². The van der Waals surface area contributed by atoms with E-state index in [1.807, 2.05) is 0 Å². The van der Waals surface area contributed by atoms with Gasteiger partial charge in [-0.1, -0.05) is 13.8 Å². The molecular formula is C35H46F6O8S2. The summed E-state index contributed by atoms with van der Waals surface area (Å²) in [5, 5.41) is 0. The minimum absolute atomic E-state index is 0.0827. The number of hydrogen-bond donors (Lipinski definition) is 0. The maximum atomic E-state index is 14.5. The number of hydrogen-bond acceptors (Lipinski definition) is 10. The van der Waals surface area contributed by atoms with E-state index in [-0.39, 0.29) is 46.3 Å². The summed E-state index contributed by atoms with van der Waals surface area (Å²) in [4.78, 5) is 23.6. The summed E-state index contributed by atoms with van der Waals surface area (Å²) >= 11 is 2.73. The zero-order valence-electron chi connectivity index (χ0n) is 29.2. The Morgan fingerprint density at radius 2 is 1.02 bits per heavy atom. The van der Waals surface area contributed by atoms with Crippen molar-refractivity contribution in [2.24, 2.45) is 35.5 Å². The first-order valence-electron chi connectivity index (χ1n) is 18.2. The Kier molecular flexibility index (Phi) is 9.33. The van der Waals surface area contributed by atoms with Gasteiger partial charge in [0.25, 0.3) is 0 Å². The number of alkyl halides is 6. The summed E-state index contributed by atoms with van der Waals surface area (Å²) in [6, 6.07) is 0. The molecule has 2 spiro atoms. The van der Waals surface area contributed by atoms with Gasteiger partial charge in [-0.05, 0) is 93.3 Å². The van der Waals surface area contributed by atoms with Crippen molar-refractivity contribution >= 4 is 23.5 Å². The molecule has 8 aliphatic heterocycles. The number of allylic oxidation sites excluding steroid dienone is 2. The number of fused-ring (bicyclic) bond motifs is 4. The van der Waals surface area contributed by atoms with Crippen molar-refractivity contribution in [3.05, 3.63) is 22.7 Å². The van der Waals surface area contributed by atoms with E-state index in [0.29, 0.717) is 56.5 Å². The zero-order chi connectivity index (χ0) is 36.2. The lowest BCUT2D eigenvalue weighted by atomic mass is 9.59. The van der Waals surface area contributed by atoms with Crippen molar-refractivity contribution in [2.75, 3.05) is 23.0 Å². The van der Waals surface area contributed by atoms with Gasteiger partial charge in [0.2, 0.25) is 35.7 Å². The lowest BCUT2D eigenvalue weighted by Crippen LogP contribution is -2.67. The van der Waals surface area contributed by atoms with Crippen molar-refractivity contribution in [2.45, 2.75) is 133 Å². The molecule has 0 radical (unpaired) electrons. The largest absolute Gasteiger partial charge is 0.456 e. The molecule has 2 saturated carbocycles. The van der Waals surface area contributed by atoms with Gasteiger partial charge < -0.3 is 18.9 Å². The fourth-order valence-corrected chi connectivity index (χ4v) is 12.7. The molecule has 10 aliphatic rings. The predicted octanol–water partition coefficient (Wildman–Crippen LogP) is 8.97. The highest BCUT2D eigenvalue weighted by atomic mass is 32.2. The van der Waals surface area contributed by atoms with Gasteiger partial charge in [0, 0.05) is 48.0 Å². The van der Waals surface area contributed by atoms with Gasteiger partial charge in [-0.2, -0.15) is 49.9 Å². The fourth-order valence-electron chi connectivity index (χ4n) is 10.4. The van der Waals surface area contributed by atoms with E-state index < -0.39 is 71.1 Å². The molecule has 288 valence electrons. The van der Waals surface area contributed by atoms with Gasteiger partial charge >= 0.3 is 12.4 Å². The van der Waals surface area contributed by atoms with Gasteiger partial charge in [0.15, 0.2) is 11.2 Å². The lowest BCUT2D eigenvalue weighted by Gasteiger charge is -2.57. The summed E-state index contributed by atoms with van der Waals surface area (Å²) in [6.45, 7) is 7.53. The number of ether oxygens (including phenoxy) is 4. The molecule has 0 aromatic carbocycles. The van der Waals surface area contributed by atoms with E-state index in [2.05, 4.69) is 13.8 Å². The van der Waals surface area contributed by atoms with Crippen LogP contribution in [0.5, 0.6) is 0 Å². The number of halogens is 6. The van der Waals surface area contributed by atoms with Gasteiger partial charge in [0.05, 0.1) is 0 Å². The van der Waals surface area contributed by atoms with Crippen molar-refractivity contribution in [1.82, 2.24) is 0 Å². The molecule has 8 heterocycles. The monoisotopic (exact) mass is 772 g/mol. The van der Waals surface area contributed by atoms with Gasteiger partial charge in [-0.25, -0.2) is 19.6 Å². The summed E-state index contributed by atoms with van der Waals surface area (Å²) in [7, 11) is 0. The summed E-state index contributed by atoms with van der Waals surface area (Å²) in [5.74, 6) is -4.14. The molecule has 4 bridgehead atoms. The molecule has 12 atom stereocenters. The van der Waals surface area contributed by atoms with E-state index in [4.69, 9.17) is 38.5 Å². The minimum atomic E-state index is -4.71. The third kappa shape index (κ3) is 5.97. The number of rotatable bonds is 8. The van der Waals surface area contributed by atoms with E-state index in [1.54, 1.807) is 13.8 Å². The van der Waals surface area contributed by atoms with Crippen LogP contribution >= 0.6 is 23.5 Å². The molecule has 2 aliphatic carbocycles. The molecule has 6 saturated heterocycles. The van der Waals surface area contributed by atoms with Crippen LogP contribution in [0, 0.1) is 35.5 Å². The first kappa shape index (κ1) is 37.1. The molecule has 0 aromatic rings. The molecule has 0 N–H and O–H groups in total. The van der Waals surface area contributed by atoms with Crippen LogP contribution in [0.25, 0.3) is 0 Å². The minimum Gasteiger partial charge on any atom is -0.456 e. The van der Waals surface area contributed by atoms with Gasteiger partial charge in [0.1, 0.15) is 0 Å². The second-order valence-electron chi connectivity index (χ2n) is 16.1. The Morgan fingerprint density at radius 3 is 1.41 bits per heavy atom. The highest BCUT2D eigenvalue weighted by Crippen LogP contribution is 2.63. The fraction of sp³-hybridized carbons (Fsp3) is 0.886. The molecule has 0 aromatic heterocycles. The van der Waals surface area contributed by atoms with Crippen molar-refractivity contribution in [3.63, 3.8) is 0 Å². The summed E-state index contributed by atoms with van der Waals surface area (Å²) in [5.41, 5.74) is -2.00. The average Bonchev–Trinajstić information content (AvgIpc) is 3.43. The molecule has 10 rings (SSSR count). The van der Waals surface area contributed by atoms with Crippen molar-refractivity contribution in [3.8, 4) is 0 Å². The lowest BCUT2D eigenvalue weighted by molar-refractivity contribution is -0.557. The van der Waals surface area contributed by atoms with Crippen molar-refractivity contribution in [1.29, 1.82) is 0 Å². The molecule has 8 nitrogen and oxygen atoms in total. The van der Waals surface area contributed by atoms with E-state index >= 15 is 0 Å². The third-order valence-corrected chi connectivity index (χ3v) is 15.1. The van der Waals surface area contributed by atoms with E-state index in [9.17, 15) is 26.3 Å². The van der Waals surface area contributed by atoms with Crippen LogP contribution < -0.4 is 0 Å². The predicted molar refractivity (Wildman–Crippen MR) is 173 cm³/mol. The zero-order valence-corrected chi connectivity index (χ0v) is 30.8.